The number of nitro groups is 1. The summed E-state index contributed by atoms with van der Waals surface area (Å²) in [5.74, 6) is 0.683. The molecule has 0 unspecified atom stereocenters. The molecule has 0 amide bonds. The summed E-state index contributed by atoms with van der Waals surface area (Å²) in [6.07, 6.45) is -3.43. The fourth-order valence-electron chi connectivity index (χ4n) is 3.92. The second kappa shape index (κ2) is 11.8. The third-order valence-corrected chi connectivity index (χ3v) is 5.79. The molecule has 0 bridgehead atoms. The van der Waals surface area contributed by atoms with Gasteiger partial charge in [-0.3, -0.25) is 10.1 Å². The predicted molar refractivity (Wildman–Crippen MR) is 133 cm³/mol. The fraction of sp³-hybridized carbons (Fsp3) is 0.320. The van der Waals surface area contributed by atoms with Crippen LogP contribution in [-0.2, 0) is 15.7 Å². The molecule has 1 fully saturated rings. The van der Waals surface area contributed by atoms with Crippen LogP contribution in [0, 0.1) is 10.1 Å². The molecule has 1 aliphatic rings. The van der Waals surface area contributed by atoms with Gasteiger partial charge in [-0.1, -0.05) is 0 Å². The van der Waals surface area contributed by atoms with Gasteiger partial charge >= 0.3 is 18.0 Å². The number of aromatic nitrogens is 2. The molecule has 0 spiro atoms. The molecule has 0 saturated carbocycles. The molecule has 0 radical (unpaired) electrons. The van der Waals surface area contributed by atoms with Gasteiger partial charge in [0.15, 0.2) is 0 Å². The minimum Gasteiger partial charge on any atom is -0.457 e. The number of hydrogen-bond acceptors (Lipinski definition) is 10. The topological polar surface area (TPSA) is 129 Å². The van der Waals surface area contributed by atoms with E-state index in [1.807, 2.05) is 0 Å². The van der Waals surface area contributed by atoms with E-state index in [0.29, 0.717) is 37.4 Å². The first-order valence-corrected chi connectivity index (χ1v) is 11.9. The third kappa shape index (κ3) is 7.03. The lowest BCUT2D eigenvalue weighted by Gasteiger charge is -2.31. The Kier molecular flexibility index (Phi) is 8.32. The molecule has 1 aromatic heterocycles. The Morgan fingerprint density at radius 3 is 2.26 bits per heavy atom. The smallest absolute Gasteiger partial charge is 0.457 e. The number of alkyl halides is 3. The molecule has 2 aromatic carbocycles. The SMILES string of the molecule is CCOC(=O)OC1CCN(c2ncnc(Nc3ccc(Oc4ccc(C(F)(F)F)cc4)cc3)c2[N+](=O)[O-])CC1. The van der Waals surface area contributed by atoms with Gasteiger partial charge in [0.2, 0.25) is 11.6 Å². The van der Waals surface area contributed by atoms with E-state index in [0.717, 1.165) is 12.1 Å². The molecular formula is C25H24F3N5O6. The van der Waals surface area contributed by atoms with Gasteiger partial charge in [-0.25, -0.2) is 14.8 Å². The number of benzene rings is 2. The van der Waals surface area contributed by atoms with E-state index < -0.39 is 22.8 Å². The van der Waals surface area contributed by atoms with Gasteiger partial charge in [0.25, 0.3) is 0 Å². The maximum atomic E-state index is 12.7. The van der Waals surface area contributed by atoms with Crippen molar-refractivity contribution in [1.29, 1.82) is 0 Å². The fourth-order valence-corrected chi connectivity index (χ4v) is 3.92. The minimum absolute atomic E-state index is 0.0219. The number of hydrogen-bond donors (Lipinski definition) is 1. The van der Waals surface area contributed by atoms with E-state index in [9.17, 15) is 28.1 Å². The third-order valence-electron chi connectivity index (χ3n) is 5.79. The molecule has 0 atom stereocenters. The highest BCUT2D eigenvalue weighted by atomic mass is 19.4. The van der Waals surface area contributed by atoms with Crippen molar-refractivity contribution in [3.63, 3.8) is 0 Å². The molecule has 0 aliphatic carbocycles. The predicted octanol–water partition coefficient (Wildman–Crippen LogP) is 6.08. The van der Waals surface area contributed by atoms with Crippen molar-refractivity contribution in [3.05, 3.63) is 70.5 Å². The number of anilines is 3. The van der Waals surface area contributed by atoms with Crippen LogP contribution in [-0.4, -0.2) is 46.8 Å². The Hall–Kier alpha value is -4.62. The lowest BCUT2D eigenvalue weighted by Crippen LogP contribution is -2.38. The van der Waals surface area contributed by atoms with Crippen molar-refractivity contribution < 1.29 is 37.1 Å². The first-order valence-electron chi connectivity index (χ1n) is 11.9. The number of piperidine rings is 1. The molecule has 11 nitrogen and oxygen atoms in total. The van der Waals surface area contributed by atoms with Crippen LogP contribution >= 0.6 is 0 Å². The molecule has 1 N–H and O–H groups in total. The Labute approximate surface area is 220 Å². The van der Waals surface area contributed by atoms with Crippen LogP contribution in [0.2, 0.25) is 0 Å². The van der Waals surface area contributed by atoms with Crippen molar-refractivity contribution in [3.8, 4) is 11.5 Å². The van der Waals surface area contributed by atoms with E-state index in [1.165, 1.54) is 18.5 Å². The summed E-state index contributed by atoms with van der Waals surface area (Å²) in [7, 11) is 0. The number of nitrogens with zero attached hydrogens (tertiary/aromatic N) is 4. The first-order chi connectivity index (χ1) is 18.6. The van der Waals surface area contributed by atoms with Gasteiger partial charge in [0, 0.05) is 31.6 Å². The maximum Gasteiger partial charge on any atom is 0.508 e. The number of nitrogens with one attached hydrogen (secondary N) is 1. The van der Waals surface area contributed by atoms with Crippen LogP contribution in [0.1, 0.15) is 25.3 Å². The number of carbonyl (C=O) groups excluding carboxylic acids is 1. The number of carbonyl (C=O) groups is 1. The highest BCUT2D eigenvalue weighted by Crippen LogP contribution is 2.36. The van der Waals surface area contributed by atoms with Crippen LogP contribution in [0.15, 0.2) is 54.9 Å². The quantitative estimate of drug-likeness (QED) is 0.201. The molecule has 4 rings (SSSR count). The second-order valence-electron chi connectivity index (χ2n) is 8.41. The summed E-state index contributed by atoms with van der Waals surface area (Å²) in [6, 6.07) is 10.6. The van der Waals surface area contributed by atoms with Crippen LogP contribution in [0.4, 0.5) is 41.0 Å². The lowest BCUT2D eigenvalue weighted by atomic mass is 10.1. The van der Waals surface area contributed by atoms with Gasteiger partial charge in [-0.15, -0.1) is 0 Å². The zero-order chi connectivity index (χ0) is 28.0. The summed E-state index contributed by atoms with van der Waals surface area (Å²) in [4.78, 5) is 32.9. The summed E-state index contributed by atoms with van der Waals surface area (Å²) in [5, 5.41) is 14.9. The van der Waals surface area contributed by atoms with E-state index in [1.54, 1.807) is 36.1 Å². The molecule has 1 saturated heterocycles. The molecule has 14 heteroatoms. The Balaban J connectivity index is 1.43. The number of ether oxygens (including phenoxy) is 3. The van der Waals surface area contributed by atoms with Crippen molar-refractivity contribution in [2.24, 2.45) is 0 Å². The molecule has 1 aliphatic heterocycles. The second-order valence-corrected chi connectivity index (χ2v) is 8.41. The van der Waals surface area contributed by atoms with E-state index in [4.69, 9.17) is 14.2 Å². The average molecular weight is 547 g/mol. The Bertz CT molecular complexity index is 1300. The van der Waals surface area contributed by atoms with Gasteiger partial charge in [-0.05, 0) is 55.5 Å². The zero-order valence-electron chi connectivity index (χ0n) is 20.7. The van der Waals surface area contributed by atoms with Gasteiger partial charge in [-0.2, -0.15) is 13.2 Å². The van der Waals surface area contributed by atoms with Crippen molar-refractivity contribution in [1.82, 2.24) is 9.97 Å². The van der Waals surface area contributed by atoms with E-state index in [2.05, 4.69) is 15.3 Å². The van der Waals surface area contributed by atoms with Crippen molar-refractivity contribution in [2.45, 2.75) is 32.0 Å². The molecular weight excluding hydrogens is 523 g/mol. The summed E-state index contributed by atoms with van der Waals surface area (Å²) in [5.41, 5.74) is -0.633. The Morgan fingerprint density at radius 1 is 1.08 bits per heavy atom. The first kappa shape index (κ1) is 27.4. The van der Waals surface area contributed by atoms with Gasteiger partial charge in [0.05, 0.1) is 17.1 Å². The number of halogens is 3. The highest BCUT2D eigenvalue weighted by molar-refractivity contribution is 5.74. The van der Waals surface area contributed by atoms with Crippen molar-refractivity contribution in [2.75, 3.05) is 29.9 Å². The highest BCUT2D eigenvalue weighted by Gasteiger charge is 2.32. The summed E-state index contributed by atoms with van der Waals surface area (Å²) in [6.45, 7) is 2.62. The normalized spacial score (nSPS) is 14.0. The zero-order valence-corrected chi connectivity index (χ0v) is 20.7. The minimum atomic E-state index is -4.44. The molecule has 3 aromatic rings. The van der Waals surface area contributed by atoms with E-state index >= 15 is 0 Å². The number of rotatable bonds is 8. The van der Waals surface area contributed by atoms with Crippen molar-refractivity contribution >= 4 is 29.2 Å². The lowest BCUT2D eigenvalue weighted by molar-refractivity contribution is -0.383. The van der Waals surface area contributed by atoms with Crippen LogP contribution in [0.25, 0.3) is 0 Å². The monoisotopic (exact) mass is 547 g/mol. The molecule has 206 valence electrons. The standard InChI is InChI=1S/C25H24F3N5O6/c1-2-37-24(34)39-20-11-13-32(14-12-20)23-21(33(35)36)22(29-15-30-23)31-17-5-9-19(10-6-17)38-18-7-3-16(4-8-18)25(26,27)28/h3-10,15,20H,2,11-14H2,1H3,(H,29,30,31). The van der Waals surface area contributed by atoms with Gasteiger partial charge < -0.3 is 24.4 Å². The summed E-state index contributed by atoms with van der Waals surface area (Å²) < 4.78 is 53.8. The van der Waals surface area contributed by atoms with Gasteiger partial charge in [0.1, 0.15) is 23.9 Å². The summed E-state index contributed by atoms with van der Waals surface area (Å²) >= 11 is 0. The van der Waals surface area contributed by atoms with Crippen LogP contribution < -0.4 is 15.0 Å². The molecule has 2 heterocycles. The van der Waals surface area contributed by atoms with Crippen LogP contribution in [0.5, 0.6) is 11.5 Å². The Morgan fingerprint density at radius 2 is 1.69 bits per heavy atom. The average Bonchev–Trinajstić information content (AvgIpc) is 2.90. The largest absolute Gasteiger partial charge is 0.508 e. The van der Waals surface area contributed by atoms with Crippen LogP contribution in [0.3, 0.4) is 0 Å². The molecule has 39 heavy (non-hydrogen) atoms. The van der Waals surface area contributed by atoms with E-state index in [-0.39, 0.29) is 35.8 Å². The maximum absolute atomic E-state index is 12.7.